The van der Waals surface area contributed by atoms with Crippen molar-refractivity contribution in [2.45, 2.75) is 69.9 Å². The summed E-state index contributed by atoms with van der Waals surface area (Å²) in [6.07, 6.45) is 7.98. The van der Waals surface area contributed by atoms with Crippen LogP contribution in [-0.2, 0) is 0 Å². The molecule has 1 saturated heterocycles. The number of hydrogen-bond acceptors (Lipinski definition) is 5. The first-order chi connectivity index (χ1) is 9.76. The first kappa shape index (κ1) is 14.0. The molecule has 2 heterocycles. The third kappa shape index (κ3) is 3.04. The standard InChI is InChI=1S/C15H25N3O2/c1-2-3-10-4-6-11(7-5-10)14-17-15(20-18-14)13-8-12(19)9-16-13/h10-13,16,19H,2-9H2,1H3/t10?,11?,12-,13+/m1/s1. The van der Waals surface area contributed by atoms with Crippen LogP contribution >= 0.6 is 0 Å². The molecule has 5 heteroatoms. The highest BCUT2D eigenvalue weighted by atomic mass is 16.5. The third-order valence-electron chi connectivity index (χ3n) is 4.77. The van der Waals surface area contributed by atoms with E-state index >= 15 is 0 Å². The molecule has 1 aromatic rings. The number of nitrogens with zero attached hydrogens (tertiary/aromatic N) is 2. The van der Waals surface area contributed by atoms with E-state index in [1.165, 1.54) is 38.5 Å². The van der Waals surface area contributed by atoms with Gasteiger partial charge < -0.3 is 14.9 Å². The quantitative estimate of drug-likeness (QED) is 0.886. The molecule has 3 rings (SSSR count). The van der Waals surface area contributed by atoms with Crippen LogP contribution in [0.5, 0.6) is 0 Å². The first-order valence-corrected chi connectivity index (χ1v) is 8.01. The maximum absolute atomic E-state index is 9.54. The van der Waals surface area contributed by atoms with E-state index < -0.39 is 0 Å². The summed E-state index contributed by atoms with van der Waals surface area (Å²) in [5.74, 6) is 2.88. The Morgan fingerprint density at radius 1 is 1.30 bits per heavy atom. The van der Waals surface area contributed by atoms with Crippen molar-refractivity contribution in [3.8, 4) is 0 Å². The lowest BCUT2D eigenvalue weighted by Crippen LogP contribution is -2.16. The van der Waals surface area contributed by atoms with Crippen molar-refractivity contribution in [2.75, 3.05) is 6.54 Å². The monoisotopic (exact) mass is 279 g/mol. The van der Waals surface area contributed by atoms with Crippen molar-refractivity contribution >= 4 is 0 Å². The van der Waals surface area contributed by atoms with Crippen LogP contribution in [0.25, 0.3) is 0 Å². The first-order valence-electron chi connectivity index (χ1n) is 8.01. The molecular formula is C15H25N3O2. The van der Waals surface area contributed by atoms with E-state index in [-0.39, 0.29) is 12.1 Å². The third-order valence-corrected chi connectivity index (χ3v) is 4.77. The van der Waals surface area contributed by atoms with Gasteiger partial charge in [0.2, 0.25) is 5.89 Å². The van der Waals surface area contributed by atoms with Crippen LogP contribution in [0.15, 0.2) is 4.52 Å². The van der Waals surface area contributed by atoms with Crippen LogP contribution in [0, 0.1) is 5.92 Å². The van der Waals surface area contributed by atoms with Crippen LogP contribution < -0.4 is 5.32 Å². The molecule has 0 aromatic carbocycles. The van der Waals surface area contributed by atoms with Crippen molar-refractivity contribution in [2.24, 2.45) is 5.92 Å². The molecule has 1 aromatic heterocycles. The van der Waals surface area contributed by atoms with E-state index in [1.54, 1.807) is 0 Å². The number of aliphatic hydroxyl groups is 1. The van der Waals surface area contributed by atoms with Gasteiger partial charge in [-0.1, -0.05) is 24.9 Å². The second-order valence-corrected chi connectivity index (χ2v) is 6.35. The van der Waals surface area contributed by atoms with Gasteiger partial charge in [0.05, 0.1) is 12.1 Å². The number of aromatic nitrogens is 2. The molecular weight excluding hydrogens is 254 g/mol. The number of hydrogen-bond donors (Lipinski definition) is 2. The Morgan fingerprint density at radius 3 is 2.75 bits per heavy atom. The molecule has 112 valence electrons. The maximum Gasteiger partial charge on any atom is 0.243 e. The van der Waals surface area contributed by atoms with E-state index in [9.17, 15) is 5.11 Å². The molecule has 5 nitrogen and oxygen atoms in total. The smallest absolute Gasteiger partial charge is 0.243 e. The van der Waals surface area contributed by atoms with Gasteiger partial charge in [-0.25, -0.2) is 0 Å². The van der Waals surface area contributed by atoms with Crippen molar-refractivity contribution in [3.05, 3.63) is 11.7 Å². The summed E-state index contributed by atoms with van der Waals surface area (Å²) in [6, 6.07) is 0.0303. The van der Waals surface area contributed by atoms with Gasteiger partial charge in [0.15, 0.2) is 5.82 Å². The lowest BCUT2D eigenvalue weighted by molar-refractivity contribution is 0.191. The van der Waals surface area contributed by atoms with Gasteiger partial charge in [0.25, 0.3) is 0 Å². The molecule has 20 heavy (non-hydrogen) atoms. The minimum Gasteiger partial charge on any atom is -0.392 e. The Labute approximate surface area is 120 Å². The van der Waals surface area contributed by atoms with Gasteiger partial charge in [-0.15, -0.1) is 0 Å². The Balaban J connectivity index is 1.57. The molecule has 0 bridgehead atoms. The summed E-state index contributed by atoms with van der Waals surface area (Å²) in [7, 11) is 0. The highest BCUT2D eigenvalue weighted by molar-refractivity contribution is 5.02. The van der Waals surface area contributed by atoms with E-state index in [0.717, 1.165) is 11.7 Å². The van der Waals surface area contributed by atoms with Crippen LogP contribution in [0.4, 0.5) is 0 Å². The Bertz CT molecular complexity index is 427. The van der Waals surface area contributed by atoms with Crippen molar-refractivity contribution in [1.82, 2.24) is 15.5 Å². The Hall–Kier alpha value is -0.940. The molecule has 0 amide bonds. The molecule has 1 saturated carbocycles. The molecule has 2 fully saturated rings. The van der Waals surface area contributed by atoms with E-state index in [2.05, 4.69) is 22.4 Å². The van der Waals surface area contributed by atoms with Gasteiger partial charge in [-0.05, 0) is 38.0 Å². The summed E-state index contributed by atoms with van der Waals surface area (Å²) in [5, 5.41) is 16.9. The lowest BCUT2D eigenvalue weighted by Gasteiger charge is -2.26. The molecule has 0 radical (unpaired) electrons. The fraction of sp³-hybridized carbons (Fsp3) is 0.867. The van der Waals surface area contributed by atoms with Gasteiger partial charge in [0.1, 0.15) is 0 Å². The minimum absolute atomic E-state index is 0.0303. The minimum atomic E-state index is -0.292. The second kappa shape index (κ2) is 6.22. The number of β-amino-alcohol motifs (C(OH)–C–C–N with tert-alkyl or cyclic N) is 1. The SMILES string of the molecule is CCCC1CCC(c2noc([C@@H]3C[C@@H](O)CN3)n2)CC1. The normalized spacial score (nSPS) is 34.5. The average Bonchev–Trinajstić information content (AvgIpc) is 3.09. The molecule has 2 atom stereocenters. The number of nitrogens with one attached hydrogen (secondary N) is 1. The molecule has 2 aliphatic rings. The summed E-state index contributed by atoms with van der Waals surface area (Å²) in [6.45, 7) is 2.88. The van der Waals surface area contributed by atoms with Gasteiger partial charge in [-0.2, -0.15) is 4.98 Å². The average molecular weight is 279 g/mol. The molecule has 0 spiro atoms. The summed E-state index contributed by atoms with van der Waals surface area (Å²) >= 11 is 0. The van der Waals surface area contributed by atoms with E-state index in [4.69, 9.17) is 4.52 Å². The van der Waals surface area contributed by atoms with Gasteiger partial charge in [0, 0.05) is 12.5 Å². The van der Waals surface area contributed by atoms with Crippen molar-refractivity contribution in [3.63, 3.8) is 0 Å². The van der Waals surface area contributed by atoms with Gasteiger partial charge in [-0.3, -0.25) is 0 Å². The van der Waals surface area contributed by atoms with Crippen molar-refractivity contribution < 1.29 is 9.63 Å². The van der Waals surface area contributed by atoms with Gasteiger partial charge >= 0.3 is 0 Å². The highest BCUT2D eigenvalue weighted by Gasteiger charge is 2.30. The predicted molar refractivity (Wildman–Crippen MR) is 75.3 cm³/mol. The van der Waals surface area contributed by atoms with Crippen molar-refractivity contribution in [1.29, 1.82) is 0 Å². The topological polar surface area (TPSA) is 71.2 Å². The maximum atomic E-state index is 9.54. The zero-order chi connectivity index (χ0) is 13.9. The molecule has 1 aliphatic carbocycles. The zero-order valence-electron chi connectivity index (χ0n) is 12.2. The van der Waals surface area contributed by atoms with Crippen LogP contribution in [0.3, 0.4) is 0 Å². The fourth-order valence-corrected chi connectivity index (χ4v) is 3.58. The summed E-state index contributed by atoms with van der Waals surface area (Å²) in [5.41, 5.74) is 0. The van der Waals surface area contributed by atoms with E-state index in [0.29, 0.717) is 24.8 Å². The number of aliphatic hydroxyl groups excluding tert-OH is 1. The van der Waals surface area contributed by atoms with Crippen LogP contribution in [0.1, 0.15) is 75.5 Å². The summed E-state index contributed by atoms with van der Waals surface area (Å²) < 4.78 is 5.39. The Morgan fingerprint density at radius 2 is 2.10 bits per heavy atom. The highest BCUT2D eigenvalue weighted by Crippen LogP contribution is 2.36. The van der Waals surface area contributed by atoms with Crippen LogP contribution in [0.2, 0.25) is 0 Å². The molecule has 0 unspecified atom stereocenters. The predicted octanol–water partition coefficient (Wildman–Crippen LogP) is 2.54. The molecule has 2 N–H and O–H groups in total. The summed E-state index contributed by atoms with van der Waals surface area (Å²) in [4.78, 5) is 4.57. The second-order valence-electron chi connectivity index (χ2n) is 6.35. The number of rotatable bonds is 4. The largest absolute Gasteiger partial charge is 0.392 e. The fourth-order valence-electron chi connectivity index (χ4n) is 3.58. The van der Waals surface area contributed by atoms with Crippen LogP contribution in [-0.4, -0.2) is 27.9 Å². The Kier molecular flexibility index (Phi) is 4.36. The molecule has 1 aliphatic heterocycles. The lowest BCUT2D eigenvalue weighted by atomic mass is 9.80. The van der Waals surface area contributed by atoms with E-state index in [1.807, 2.05) is 0 Å². The zero-order valence-corrected chi connectivity index (χ0v) is 12.2.